The number of rotatable bonds is 7. The highest BCUT2D eigenvalue weighted by Crippen LogP contribution is 2.16. The van der Waals surface area contributed by atoms with Gasteiger partial charge in [-0.05, 0) is 20.0 Å². The molecule has 1 unspecified atom stereocenters. The summed E-state index contributed by atoms with van der Waals surface area (Å²) < 4.78 is 7.04. The first kappa shape index (κ1) is 15.1. The number of aryl methyl sites for hydroxylation is 1. The lowest BCUT2D eigenvalue weighted by molar-refractivity contribution is 0.215. The maximum atomic E-state index is 5.16. The van der Waals surface area contributed by atoms with E-state index in [1.54, 1.807) is 12.7 Å². The Morgan fingerprint density at radius 1 is 1.41 bits per heavy atom. The van der Waals surface area contributed by atoms with Crippen LogP contribution in [0, 0.1) is 0 Å². The van der Waals surface area contributed by atoms with Gasteiger partial charge in [0.15, 0.2) is 5.82 Å². The van der Waals surface area contributed by atoms with Crippen LogP contribution < -0.4 is 0 Å². The van der Waals surface area contributed by atoms with E-state index in [1.807, 2.05) is 11.6 Å². The molecule has 0 aromatic carbocycles. The van der Waals surface area contributed by atoms with Crippen molar-refractivity contribution in [1.29, 1.82) is 0 Å². The highest BCUT2D eigenvalue weighted by Gasteiger charge is 2.26. The van der Waals surface area contributed by atoms with Crippen molar-refractivity contribution in [3.63, 3.8) is 0 Å². The van der Waals surface area contributed by atoms with Crippen LogP contribution >= 0.6 is 0 Å². The SMILES string of the molecule is CCc1nc(CN(C)C2CCN(CCn3cncn3)C2)no1. The summed E-state index contributed by atoms with van der Waals surface area (Å²) >= 11 is 0. The van der Waals surface area contributed by atoms with Crippen LogP contribution in [0.3, 0.4) is 0 Å². The van der Waals surface area contributed by atoms with E-state index in [9.17, 15) is 0 Å². The smallest absolute Gasteiger partial charge is 0.226 e. The van der Waals surface area contributed by atoms with Gasteiger partial charge in [-0.2, -0.15) is 10.1 Å². The highest BCUT2D eigenvalue weighted by atomic mass is 16.5. The fraction of sp³-hybridized carbons (Fsp3) is 0.714. The van der Waals surface area contributed by atoms with Gasteiger partial charge in [-0.15, -0.1) is 0 Å². The minimum atomic E-state index is 0.541. The Morgan fingerprint density at radius 2 is 2.32 bits per heavy atom. The first-order chi connectivity index (χ1) is 10.7. The van der Waals surface area contributed by atoms with Gasteiger partial charge < -0.3 is 4.52 Å². The Labute approximate surface area is 130 Å². The molecule has 1 atom stereocenters. The van der Waals surface area contributed by atoms with Crippen LogP contribution in [-0.4, -0.2) is 67.4 Å². The van der Waals surface area contributed by atoms with Gasteiger partial charge in [-0.1, -0.05) is 12.1 Å². The van der Waals surface area contributed by atoms with E-state index < -0.39 is 0 Å². The zero-order valence-electron chi connectivity index (χ0n) is 13.2. The molecule has 0 bridgehead atoms. The molecule has 2 aromatic heterocycles. The highest BCUT2D eigenvalue weighted by molar-refractivity contribution is 4.89. The third kappa shape index (κ3) is 3.69. The molecule has 3 rings (SSSR count). The van der Waals surface area contributed by atoms with Crippen LogP contribution in [-0.2, 0) is 19.5 Å². The molecule has 1 aliphatic heterocycles. The molecule has 1 aliphatic rings. The van der Waals surface area contributed by atoms with E-state index >= 15 is 0 Å². The predicted molar refractivity (Wildman–Crippen MR) is 80.0 cm³/mol. The number of hydrogen-bond acceptors (Lipinski definition) is 7. The molecule has 120 valence electrons. The van der Waals surface area contributed by atoms with Gasteiger partial charge in [0, 0.05) is 25.6 Å². The molecular formula is C14H23N7O. The molecule has 1 saturated heterocycles. The van der Waals surface area contributed by atoms with Gasteiger partial charge in [0.1, 0.15) is 12.7 Å². The van der Waals surface area contributed by atoms with Gasteiger partial charge in [-0.3, -0.25) is 14.5 Å². The minimum absolute atomic E-state index is 0.541. The average Bonchev–Trinajstić information content (AvgIpc) is 3.26. The molecule has 0 aliphatic carbocycles. The van der Waals surface area contributed by atoms with Crippen molar-refractivity contribution >= 4 is 0 Å². The lowest BCUT2D eigenvalue weighted by Crippen LogP contribution is -2.35. The van der Waals surface area contributed by atoms with Gasteiger partial charge in [-0.25, -0.2) is 4.98 Å². The topological polar surface area (TPSA) is 76.1 Å². The van der Waals surface area contributed by atoms with E-state index in [4.69, 9.17) is 4.52 Å². The zero-order chi connectivity index (χ0) is 15.4. The minimum Gasteiger partial charge on any atom is -0.339 e. The standard InChI is InChI=1S/C14H23N7O/c1-3-14-17-13(18-22-14)9-19(2)12-4-5-20(8-12)6-7-21-11-15-10-16-21/h10-12H,3-9H2,1-2H3. The molecule has 0 N–H and O–H groups in total. The Balaban J connectivity index is 1.45. The summed E-state index contributed by atoms with van der Waals surface area (Å²) in [5.74, 6) is 1.49. The lowest BCUT2D eigenvalue weighted by Gasteiger charge is -2.23. The molecule has 0 radical (unpaired) electrons. The van der Waals surface area contributed by atoms with E-state index in [0.717, 1.165) is 45.0 Å². The molecule has 2 aromatic rings. The first-order valence-corrected chi connectivity index (χ1v) is 7.81. The molecule has 0 saturated carbocycles. The van der Waals surface area contributed by atoms with Crippen LogP contribution in [0.1, 0.15) is 25.1 Å². The summed E-state index contributed by atoms with van der Waals surface area (Å²) in [7, 11) is 2.13. The quantitative estimate of drug-likeness (QED) is 0.734. The van der Waals surface area contributed by atoms with Crippen molar-refractivity contribution in [2.45, 2.75) is 38.9 Å². The fourth-order valence-electron chi connectivity index (χ4n) is 2.82. The Hall–Kier alpha value is -1.80. The summed E-state index contributed by atoms with van der Waals surface area (Å²) in [6.45, 7) is 6.85. The van der Waals surface area contributed by atoms with Gasteiger partial charge in [0.2, 0.25) is 5.89 Å². The molecule has 22 heavy (non-hydrogen) atoms. The van der Waals surface area contributed by atoms with Crippen molar-refractivity contribution in [3.05, 3.63) is 24.4 Å². The van der Waals surface area contributed by atoms with E-state index in [0.29, 0.717) is 11.9 Å². The summed E-state index contributed by atoms with van der Waals surface area (Å²) in [5, 5.41) is 8.17. The maximum Gasteiger partial charge on any atom is 0.226 e. The Morgan fingerprint density at radius 3 is 3.05 bits per heavy atom. The van der Waals surface area contributed by atoms with Crippen molar-refractivity contribution in [1.82, 2.24) is 34.7 Å². The normalized spacial score (nSPS) is 19.3. The Kier molecular flexibility index (Phi) is 4.79. The van der Waals surface area contributed by atoms with Crippen molar-refractivity contribution in [3.8, 4) is 0 Å². The van der Waals surface area contributed by atoms with Gasteiger partial charge in [0.25, 0.3) is 0 Å². The van der Waals surface area contributed by atoms with E-state index in [1.165, 1.54) is 6.42 Å². The van der Waals surface area contributed by atoms with Crippen LogP contribution in [0.15, 0.2) is 17.2 Å². The van der Waals surface area contributed by atoms with Crippen molar-refractivity contribution in [2.75, 3.05) is 26.7 Å². The first-order valence-electron chi connectivity index (χ1n) is 7.81. The molecule has 0 spiro atoms. The molecule has 8 nitrogen and oxygen atoms in total. The van der Waals surface area contributed by atoms with Crippen LogP contribution in [0.2, 0.25) is 0 Å². The average molecular weight is 305 g/mol. The third-order valence-electron chi connectivity index (χ3n) is 4.19. The summed E-state index contributed by atoms with van der Waals surface area (Å²) in [5.41, 5.74) is 0. The van der Waals surface area contributed by atoms with Crippen molar-refractivity contribution in [2.24, 2.45) is 0 Å². The second-order valence-electron chi connectivity index (χ2n) is 5.77. The maximum absolute atomic E-state index is 5.16. The Bertz CT molecular complexity index is 568. The summed E-state index contributed by atoms with van der Waals surface area (Å²) in [6, 6.07) is 0.541. The second-order valence-corrected chi connectivity index (χ2v) is 5.77. The largest absolute Gasteiger partial charge is 0.339 e. The fourth-order valence-corrected chi connectivity index (χ4v) is 2.82. The number of likely N-dealkylation sites (N-methyl/N-ethyl adjacent to an activating group) is 1. The molecule has 1 fully saturated rings. The van der Waals surface area contributed by atoms with Gasteiger partial charge >= 0.3 is 0 Å². The monoisotopic (exact) mass is 305 g/mol. The number of likely N-dealkylation sites (tertiary alicyclic amines) is 1. The van der Waals surface area contributed by atoms with Crippen LogP contribution in [0.5, 0.6) is 0 Å². The van der Waals surface area contributed by atoms with Crippen LogP contribution in [0.4, 0.5) is 0 Å². The van der Waals surface area contributed by atoms with Crippen molar-refractivity contribution < 1.29 is 4.52 Å². The third-order valence-corrected chi connectivity index (χ3v) is 4.19. The zero-order valence-corrected chi connectivity index (χ0v) is 13.2. The van der Waals surface area contributed by atoms with E-state index in [-0.39, 0.29) is 0 Å². The molecular weight excluding hydrogens is 282 g/mol. The summed E-state index contributed by atoms with van der Waals surface area (Å²) in [4.78, 5) is 13.1. The van der Waals surface area contributed by atoms with Gasteiger partial charge in [0.05, 0.1) is 13.1 Å². The molecule has 3 heterocycles. The van der Waals surface area contributed by atoms with E-state index in [2.05, 4.69) is 37.1 Å². The number of aromatic nitrogens is 5. The van der Waals surface area contributed by atoms with Crippen LogP contribution in [0.25, 0.3) is 0 Å². The lowest BCUT2D eigenvalue weighted by atomic mass is 10.2. The molecule has 0 amide bonds. The number of nitrogens with zero attached hydrogens (tertiary/aromatic N) is 7. The number of hydrogen-bond donors (Lipinski definition) is 0. The summed E-state index contributed by atoms with van der Waals surface area (Å²) in [6.07, 6.45) is 5.31. The molecule has 8 heteroatoms. The second kappa shape index (κ2) is 6.97. The predicted octanol–water partition coefficient (Wildman–Crippen LogP) is 0.430.